The zero-order valence-electron chi connectivity index (χ0n) is 10.9. The lowest BCUT2D eigenvalue weighted by atomic mass is 10.2. The monoisotopic (exact) mass is 300 g/mol. The third-order valence-electron chi connectivity index (χ3n) is 2.41. The Hall–Kier alpha value is -1.93. The van der Waals surface area contributed by atoms with E-state index >= 15 is 0 Å². The summed E-state index contributed by atoms with van der Waals surface area (Å²) >= 11 is 0. The van der Waals surface area contributed by atoms with E-state index in [0.717, 1.165) is 6.07 Å². The normalized spacial score (nSPS) is 11.1. The molecule has 3 N–H and O–H groups in total. The van der Waals surface area contributed by atoms with Gasteiger partial charge < -0.3 is 10.4 Å². The number of carboxylic acids is 1. The van der Waals surface area contributed by atoms with Crippen molar-refractivity contribution in [1.29, 1.82) is 0 Å². The fourth-order valence-corrected chi connectivity index (χ4v) is 2.54. The molecule has 0 aromatic heterocycles. The van der Waals surface area contributed by atoms with E-state index < -0.39 is 16.0 Å². The Morgan fingerprint density at radius 3 is 2.60 bits per heavy atom. The largest absolute Gasteiger partial charge is 0.478 e. The lowest BCUT2D eigenvalue weighted by molar-refractivity contribution is -0.120. The smallest absolute Gasteiger partial charge is 0.335 e. The average molecular weight is 300 g/mol. The summed E-state index contributed by atoms with van der Waals surface area (Å²) in [5.74, 6) is -1.46. The van der Waals surface area contributed by atoms with Crippen molar-refractivity contribution >= 4 is 21.9 Å². The second-order valence-corrected chi connectivity index (χ2v) is 5.70. The molecule has 0 atom stereocenters. The number of benzene rings is 1. The van der Waals surface area contributed by atoms with Gasteiger partial charge in [-0.05, 0) is 25.1 Å². The predicted octanol–water partition coefficient (Wildman–Crippen LogP) is 0.189. The quantitative estimate of drug-likeness (QED) is 0.665. The maximum atomic E-state index is 11.9. The summed E-state index contributed by atoms with van der Waals surface area (Å²) in [5.41, 5.74) is -0.114. The van der Waals surface area contributed by atoms with E-state index in [-0.39, 0.29) is 29.3 Å². The summed E-state index contributed by atoms with van der Waals surface area (Å²) in [5, 5.41) is 11.4. The van der Waals surface area contributed by atoms with Crippen molar-refractivity contribution in [3.63, 3.8) is 0 Å². The molecule has 110 valence electrons. The number of carbonyl (C=O) groups is 2. The molecule has 0 unspecified atom stereocenters. The van der Waals surface area contributed by atoms with Gasteiger partial charge in [-0.2, -0.15) is 0 Å². The molecule has 0 aliphatic carbocycles. The van der Waals surface area contributed by atoms with Crippen LogP contribution >= 0.6 is 0 Å². The minimum Gasteiger partial charge on any atom is -0.478 e. The van der Waals surface area contributed by atoms with Crippen molar-refractivity contribution in [3.05, 3.63) is 29.8 Å². The lowest BCUT2D eigenvalue weighted by Gasteiger charge is -2.07. The van der Waals surface area contributed by atoms with Crippen LogP contribution in [0.5, 0.6) is 0 Å². The summed E-state index contributed by atoms with van der Waals surface area (Å²) in [6, 6.07) is 5.01. The Morgan fingerprint density at radius 1 is 1.30 bits per heavy atom. The highest BCUT2D eigenvalue weighted by Gasteiger charge is 2.16. The topological polar surface area (TPSA) is 113 Å². The molecule has 0 saturated carbocycles. The third-order valence-corrected chi connectivity index (χ3v) is 3.87. The molecule has 0 heterocycles. The van der Waals surface area contributed by atoms with Gasteiger partial charge >= 0.3 is 5.97 Å². The van der Waals surface area contributed by atoms with Crippen LogP contribution in [-0.4, -0.2) is 38.5 Å². The second-order valence-electron chi connectivity index (χ2n) is 3.93. The number of carboxylic acid groups (broad SMARTS) is 1. The maximum absolute atomic E-state index is 11.9. The standard InChI is InChI=1S/C12H16N2O5S/c1-2-13-11(15)6-7-14-20(18,19)10-5-3-4-9(8-10)12(16)17/h3-5,8,14H,2,6-7H2,1H3,(H,13,15)(H,16,17). The van der Waals surface area contributed by atoms with E-state index in [1.54, 1.807) is 6.92 Å². The van der Waals surface area contributed by atoms with Gasteiger partial charge in [0, 0.05) is 19.5 Å². The number of carbonyl (C=O) groups excluding carboxylic acids is 1. The number of hydrogen-bond acceptors (Lipinski definition) is 4. The van der Waals surface area contributed by atoms with Crippen molar-refractivity contribution in [2.45, 2.75) is 18.2 Å². The summed E-state index contributed by atoms with van der Waals surface area (Å²) in [7, 11) is -3.82. The van der Waals surface area contributed by atoms with E-state index in [9.17, 15) is 18.0 Å². The van der Waals surface area contributed by atoms with Gasteiger partial charge in [0.15, 0.2) is 0 Å². The van der Waals surface area contributed by atoms with Gasteiger partial charge in [-0.15, -0.1) is 0 Å². The van der Waals surface area contributed by atoms with E-state index in [1.165, 1.54) is 18.2 Å². The van der Waals surface area contributed by atoms with E-state index in [1.807, 2.05) is 0 Å². The van der Waals surface area contributed by atoms with Gasteiger partial charge in [0.05, 0.1) is 10.5 Å². The van der Waals surface area contributed by atoms with Gasteiger partial charge in [-0.25, -0.2) is 17.9 Å². The van der Waals surface area contributed by atoms with Crippen molar-refractivity contribution in [3.8, 4) is 0 Å². The van der Waals surface area contributed by atoms with Gasteiger partial charge in [-0.3, -0.25) is 4.79 Å². The summed E-state index contributed by atoms with van der Waals surface area (Å²) in [6.07, 6.45) is 0.0195. The van der Waals surface area contributed by atoms with Crippen LogP contribution in [-0.2, 0) is 14.8 Å². The van der Waals surface area contributed by atoms with Crippen molar-refractivity contribution in [1.82, 2.24) is 10.0 Å². The van der Waals surface area contributed by atoms with Crippen molar-refractivity contribution in [2.75, 3.05) is 13.1 Å². The number of amides is 1. The Kier molecular flexibility index (Phi) is 5.66. The van der Waals surface area contributed by atoms with Crippen molar-refractivity contribution in [2.24, 2.45) is 0 Å². The fraction of sp³-hybridized carbons (Fsp3) is 0.333. The van der Waals surface area contributed by atoms with Crippen LogP contribution in [0.15, 0.2) is 29.2 Å². The van der Waals surface area contributed by atoms with Crippen LogP contribution in [0.3, 0.4) is 0 Å². The molecule has 7 nitrogen and oxygen atoms in total. The molecule has 1 aromatic rings. The van der Waals surface area contributed by atoms with Gasteiger partial charge in [-0.1, -0.05) is 6.07 Å². The summed E-state index contributed by atoms with van der Waals surface area (Å²) in [4.78, 5) is 21.8. The SMILES string of the molecule is CCNC(=O)CCNS(=O)(=O)c1cccc(C(=O)O)c1. The van der Waals surface area contributed by atoms with Gasteiger partial charge in [0.2, 0.25) is 15.9 Å². The van der Waals surface area contributed by atoms with Crippen LogP contribution in [0.25, 0.3) is 0 Å². The summed E-state index contributed by atoms with van der Waals surface area (Å²) in [6.45, 7) is 2.19. The average Bonchev–Trinajstić information content (AvgIpc) is 2.39. The first-order chi connectivity index (χ1) is 9.36. The molecule has 8 heteroatoms. The Balaban J connectivity index is 2.72. The van der Waals surface area contributed by atoms with Gasteiger partial charge in [0.1, 0.15) is 0 Å². The zero-order valence-corrected chi connectivity index (χ0v) is 11.7. The Labute approximate surface area is 117 Å². The molecular formula is C12H16N2O5S. The highest BCUT2D eigenvalue weighted by Crippen LogP contribution is 2.11. The zero-order chi connectivity index (χ0) is 15.2. The molecule has 1 aromatic carbocycles. The van der Waals surface area contributed by atoms with Gasteiger partial charge in [0.25, 0.3) is 0 Å². The number of sulfonamides is 1. The molecule has 0 radical (unpaired) electrons. The number of hydrogen-bond donors (Lipinski definition) is 3. The molecule has 0 aliphatic rings. The van der Waals surface area contributed by atoms with Crippen LogP contribution < -0.4 is 10.0 Å². The number of aromatic carboxylic acids is 1. The molecule has 1 amide bonds. The van der Waals surface area contributed by atoms with Crippen LogP contribution in [0.4, 0.5) is 0 Å². The predicted molar refractivity (Wildman–Crippen MR) is 71.9 cm³/mol. The van der Waals surface area contributed by atoms with E-state index in [0.29, 0.717) is 6.54 Å². The van der Waals surface area contributed by atoms with Crippen molar-refractivity contribution < 1.29 is 23.1 Å². The maximum Gasteiger partial charge on any atom is 0.335 e. The second kappa shape index (κ2) is 7.01. The highest BCUT2D eigenvalue weighted by molar-refractivity contribution is 7.89. The first-order valence-electron chi connectivity index (χ1n) is 5.96. The highest BCUT2D eigenvalue weighted by atomic mass is 32.2. The Morgan fingerprint density at radius 2 is 2.00 bits per heavy atom. The molecule has 0 saturated heterocycles. The first kappa shape index (κ1) is 16.1. The molecule has 0 aliphatic heterocycles. The van der Waals surface area contributed by atoms with E-state index in [2.05, 4.69) is 10.0 Å². The Bertz CT molecular complexity index is 598. The summed E-state index contributed by atoms with van der Waals surface area (Å²) < 4.78 is 26.1. The van der Waals surface area contributed by atoms with Crippen LogP contribution in [0.1, 0.15) is 23.7 Å². The van der Waals surface area contributed by atoms with Crippen LogP contribution in [0, 0.1) is 0 Å². The lowest BCUT2D eigenvalue weighted by Crippen LogP contribution is -2.30. The first-order valence-corrected chi connectivity index (χ1v) is 7.45. The van der Waals surface area contributed by atoms with Crippen LogP contribution in [0.2, 0.25) is 0 Å². The molecule has 0 spiro atoms. The molecule has 20 heavy (non-hydrogen) atoms. The van der Waals surface area contributed by atoms with E-state index in [4.69, 9.17) is 5.11 Å². The molecule has 0 bridgehead atoms. The molecule has 0 fully saturated rings. The molecular weight excluding hydrogens is 284 g/mol. The minimum absolute atomic E-state index is 0.0195. The minimum atomic E-state index is -3.82. The third kappa shape index (κ3) is 4.63. The molecule has 1 rings (SSSR count). The number of nitrogens with one attached hydrogen (secondary N) is 2. The fourth-order valence-electron chi connectivity index (χ4n) is 1.46. The number of rotatable bonds is 7.